The molecule has 172 valence electrons. The van der Waals surface area contributed by atoms with E-state index in [9.17, 15) is 19.2 Å². The molecule has 32 heavy (non-hydrogen) atoms. The van der Waals surface area contributed by atoms with Crippen molar-refractivity contribution < 1.29 is 19.2 Å². The first-order valence-electron chi connectivity index (χ1n) is 11.1. The summed E-state index contributed by atoms with van der Waals surface area (Å²) in [6.45, 7) is 5.18. The SMILES string of the molecule is CCCCCCN1C(=O)C2=C(SC(=C3SC4=C(S3)C(=O)N(CCCCCC)C4=O)S2)C1=O. The van der Waals surface area contributed by atoms with Crippen molar-refractivity contribution >= 4 is 70.7 Å². The molecule has 0 bridgehead atoms. The molecular formula is C22H26N2O4S4. The Morgan fingerprint density at radius 3 is 1.09 bits per heavy atom. The van der Waals surface area contributed by atoms with Crippen molar-refractivity contribution in [1.82, 2.24) is 9.80 Å². The van der Waals surface area contributed by atoms with Crippen molar-refractivity contribution in [3.05, 3.63) is 28.1 Å². The van der Waals surface area contributed by atoms with Gasteiger partial charge in [0.05, 0.1) is 28.1 Å². The van der Waals surface area contributed by atoms with Gasteiger partial charge in [-0.15, -0.1) is 0 Å². The highest BCUT2D eigenvalue weighted by atomic mass is 32.2. The van der Waals surface area contributed by atoms with Gasteiger partial charge in [-0.25, -0.2) is 0 Å². The lowest BCUT2D eigenvalue weighted by Crippen LogP contribution is -2.33. The van der Waals surface area contributed by atoms with Crippen LogP contribution in [0.1, 0.15) is 65.2 Å². The Bertz CT molecular complexity index is 833. The summed E-state index contributed by atoms with van der Waals surface area (Å²) < 4.78 is 1.64. The molecular weight excluding hydrogens is 485 g/mol. The average Bonchev–Trinajstić information content (AvgIpc) is 3.50. The van der Waals surface area contributed by atoms with Crippen molar-refractivity contribution in [2.24, 2.45) is 0 Å². The summed E-state index contributed by atoms with van der Waals surface area (Å²) in [5.41, 5.74) is 0. The van der Waals surface area contributed by atoms with Gasteiger partial charge in [0.25, 0.3) is 23.6 Å². The van der Waals surface area contributed by atoms with Crippen LogP contribution in [0.25, 0.3) is 0 Å². The van der Waals surface area contributed by atoms with Crippen LogP contribution in [0.2, 0.25) is 0 Å². The van der Waals surface area contributed by atoms with E-state index < -0.39 is 0 Å². The van der Waals surface area contributed by atoms with Crippen molar-refractivity contribution in [3.63, 3.8) is 0 Å². The number of hydrogen-bond donors (Lipinski definition) is 0. The van der Waals surface area contributed by atoms with Gasteiger partial charge in [0.2, 0.25) is 0 Å². The third-order valence-electron chi connectivity index (χ3n) is 5.59. The molecule has 0 radical (unpaired) electrons. The molecule has 0 aromatic heterocycles. The molecule has 0 unspecified atom stereocenters. The van der Waals surface area contributed by atoms with E-state index in [0.29, 0.717) is 32.7 Å². The van der Waals surface area contributed by atoms with Gasteiger partial charge in [0.15, 0.2) is 0 Å². The van der Waals surface area contributed by atoms with Crippen LogP contribution < -0.4 is 0 Å². The summed E-state index contributed by atoms with van der Waals surface area (Å²) in [5.74, 6) is -0.857. The van der Waals surface area contributed by atoms with E-state index in [1.807, 2.05) is 0 Å². The Kier molecular flexibility index (Phi) is 7.85. The molecule has 0 aromatic rings. The normalized spacial score (nSPS) is 20.7. The van der Waals surface area contributed by atoms with Crippen molar-refractivity contribution in [2.45, 2.75) is 65.2 Å². The third-order valence-corrected chi connectivity index (χ3v) is 11.3. The first-order chi connectivity index (χ1) is 15.5. The lowest BCUT2D eigenvalue weighted by molar-refractivity contribution is -0.138. The molecule has 4 amide bonds. The number of carbonyl (C=O) groups is 4. The van der Waals surface area contributed by atoms with Gasteiger partial charge < -0.3 is 0 Å². The topological polar surface area (TPSA) is 74.8 Å². The summed E-state index contributed by atoms with van der Waals surface area (Å²) in [6.07, 6.45) is 8.09. The second-order valence-electron chi connectivity index (χ2n) is 7.94. The van der Waals surface area contributed by atoms with Crippen LogP contribution in [0.15, 0.2) is 28.1 Å². The minimum Gasteiger partial charge on any atom is -0.273 e. The third kappa shape index (κ3) is 4.48. The lowest BCUT2D eigenvalue weighted by Gasteiger charge is -2.17. The van der Waals surface area contributed by atoms with E-state index in [-0.39, 0.29) is 23.6 Å². The highest BCUT2D eigenvalue weighted by Crippen LogP contribution is 2.62. The van der Waals surface area contributed by atoms with Crippen molar-refractivity contribution in [1.29, 1.82) is 0 Å². The summed E-state index contributed by atoms with van der Waals surface area (Å²) in [6, 6.07) is 0. The fourth-order valence-corrected chi connectivity index (χ4v) is 9.22. The second kappa shape index (κ2) is 10.4. The van der Waals surface area contributed by atoms with Gasteiger partial charge in [-0.2, -0.15) is 0 Å². The quantitative estimate of drug-likeness (QED) is 0.286. The number of thioether (sulfide) groups is 4. The zero-order chi connectivity index (χ0) is 22.8. The highest BCUT2D eigenvalue weighted by molar-refractivity contribution is 8.35. The molecule has 4 heterocycles. The molecule has 0 atom stereocenters. The van der Waals surface area contributed by atoms with E-state index in [2.05, 4.69) is 13.8 Å². The summed E-state index contributed by atoms with van der Waals surface area (Å²) >= 11 is 5.22. The predicted molar refractivity (Wildman–Crippen MR) is 133 cm³/mol. The van der Waals surface area contributed by atoms with E-state index >= 15 is 0 Å². The largest absolute Gasteiger partial charge is 0.273 e. The van der Waals surface area contributed by atoms with Gasteiger partial charge in [-0.1, -0.05) is 99.4 Å². The lowest BCUT2D eigenvalue weighted by atomic mass is 10.2. The molecule has 0 saturated heterocycles. The van der Waals surface area contributed by atoms with E-state index in [1.54, 1.807) is 0 Å². The Morgan fingerprint density at radius 2 is 0.812 bits per heavy atom. The van der Waals surface area contributed by atoms with E-state index in [1.165, 1.54) is 56.8 Å². The van der Waals surface area contributed by atoms with Gasteiger partial charge in [0.1, 0.15) is 0 Å². The van der Waals surface area contributed by atoms with Gasteiger partial charge in [0, 0.05) is 13.1 Å². The number of imide groups is 2. The maximum absolute atomic E-state index is 12.8. The molecule has 0 fully saturated rings. The Balaban J connectivity index is 1.36. The highest BCUT2D eigenvalue weighted by Gasteiger charge is 2.48. The second-order valence-corrected chi connectivity index (χ2v) is 12.5. The van der Waals surface area contributed by atoms with Crippen LogP contribution in [0.4, 0.5) is 0 Å². The van der Waals surface area contributed by atoms with Crippen molar-refractivity contribution in [3.8, 4) is 0 Å². The van der Waals surface area contributed by atoms with Crippen LogP contribution in [-0.4, -0.2) is 46.5 Å². The molecule has 4 aliphatic heterocycles. The zero-order valence-electron chi connectivity index (χ0n) is 18.2. The molecule has 6 nitrogen and oxygen atoms in total. The molecule has 10 heteroatoms. The van der Waals surface area contributed by atoms with E-state index in [4.69, 9.17) is 0 Å². The molecule has 0 aromatic carbocycles. The maximum Gasteiger partial charge on any atom is 0.268 e. The summed E-state index contributed by atoms with van der Waals surface area (Å²) in [7, 11) is 0. The Labute approximate surface area is 205 Å². The molecule has 0 N–H and O–H groups in total. The van der Waals surface area contributed by atoms with Crippen LogP contribution in [0, 0.1) is 0 Å². The molecule has 4 rings (SSSR count). The summed E-state index contributed by atoms with van der Waals surface area (Å²) in [5, 5.41) is 0. The Morgan fingerprint density at radius 1 is 0.500 bits per heavy atom. The average molecular weight is 511 g/mol. The fraction of sp³-hybridized carbons (Fsp3) is 0.545. The molecule has 0 spiro atoms. The van der Waals surface area contributed by atoms with Gasteiger partial charge in [-0.05, 0) is 12.8 Å². The van der Waals surface area contributed by atoms with Crippen LogP contribution in [-0.2, 0) is 19.2 Å². The number of unbranched alkanes of at least 4 members (excludes halogenated alkanes) is 6. The summed E-state index contributed by atoms with van der Waals surface area (Å²) in [4.78, 5) is 55.7. The fourth-order valence-electron chi connectivity index (χ4n) is 3.80. The van der Waals surface area contributed by atoms with Crippen LogP contribution in [0.5, 0.6) is 0 Å². The van der Waals surface area contributed by atoms with Gasteiger partial charge >= 0.3 is 0 Å². The first-order valence-corrected chi connectivity index (χ1v) is 14.4. The predicted octanol–water partition coefficient (Wildman–Crippen LogP) is 5.39. The zero-order valence-corrected chi connectivity index (χ0v) is 21.5. The number of amides is 4. The van der Waals surface area contributed by atoms with Crippen molar-refractivity contribution in [2.75, 3.05) is 13.1 Å². The Hall–Kier alpha value is -1.10. The van der Waals surface area contributed by atoms with E-state index in [0.717, 1.165) is 59.8 Å². The molecule has 4 aliphatic rings. The van der Waals surface area contributed by atoms with Crippen LogP contribution in [0.3, 0.4) is 0 Å². The minimum absolute atomic E-state index is 0.214. The van der Waals surface area contributed by atoms with Crippen LogP contribution >= 0.6 is 47.0 Å². The number of nitrogens with zero attached hydrogens (tertiary/aromatic N) is 2. The minimum atomic E-state index is -0.214. The smallest absolute Gasteiger partial charge is 0.268 e. The standard InChI is InChI=1S/C22H26N2O4S4/c1-3-5-7-9-11-23-17(25)13-14(18(23)26)30-21(29-13)22-31-15-16(32-22)20(28)24(19(15)27)12-10-8-6-4-2/h3-12H2,1-2H3. The molecule has 0 saturated carbocycles. The number of rotatable bonds is 10. The number of carbonyl (C=O) groups excluding carboxylic acids is 4. The maximum atomic E-state index is 12.8. The monoisotopic (exact) mass is 510 g/mol. The molecule has 0 aliphatic carbocycles. The first kappa shape index (κ1) is 24.0. The number of hydrogen-bond acceptors (Lipinski definition) is 8. The van der Waals surface area contributed by atoms with Gasteiger partial charge in [-0.3, -0.25) is 29.0 Å².